The van der Waals surface area contributed by atoms with Gasteiger partial charge in [0.25, 0.3) is 5.91 Å². The van der Waals surface area contributed by atoms with E-state index in [-0.39, 0.29) is 33.3 Å². The zero-order valence-electron chi connectivity index (χ0n) is 17.4. The second kappa shape index (κ2) is 9.28. The zero-order chi connectivity index (χ0) is 24.5. The first-order valence-electron chi connectivity index (χ1n) is 9.09. The molecule has 0 unspecified atom stereocenters. The molecule has 3 aromatic rings. The second-order valence-corrected chi connectivity index (χ2v) is 9.01. The summed E-state index contributed by atoms with van der Waals surface area (Å²) in [7, 11) is -2.66. The van der Waals surface area contributed by atoms with Gasteiger partial charge in [-0.05, 0) is 36.8 Å². The molecule has 3 rings (SSSR count). The average molecular weight is 501 g/mol. The summed E-state index contributed by atoms with van der Waals surface area (Å²) in [4.78, 5) is 16.0. The third-order valence-corrected chi connectivity index (χ3v) is 5.20. The molecule has 12 heteroatoms. The second-order valence-electron chi connectivity index (χ2n) is 6.86. The van der Waals surface area contributed by atoms with Gasteiger partial charge in [0.1, 0.15) is 16.6 Å². The predicted molar refractivity (Wildman–Crippen MR) is 115 cm³/mol. The fourth-order valence-corrected chi connectivity index (χ4v) is 3.47. The van der Waals surface area contributed by atoms with E-state index in [9.17, 15) is 26.4 Å². The van der Waals surface area contributed by atoms with Gasteiger partial charge in [-0.1, -0.05) is 17.7 Å². The van der Waals surface area contributed by atoms with Crippen LogP contribution in [0.15, 0.2) is 36.5 Å². The van der Waals surface area contributed by atoms with Crippen LogP contribution in [0.4, 0.5) is 13.2 Å². The Morgan fingerprint density at radius 1 is 1.12 bits per heavy atom. The molecule has 0 aliphatic rings. The molecule has 0 saturated carbocycles. The molecule has 0 bridgehead atoms. The van der Waals surface area contributed by atoms with Crippen LogP contribution in [-0.4, -0.2) is 32.7 Å². The van der Waals surface area contributed by atoms with Crippen molar-refractivity contribution in [2.75, 3.05) is 13.4 Å². The van der Waals surface area contributed by atoms with Crippen LogP contribution in [0, 0.1) is 24.4 Å². The highest BCUT2D eigenvalue weighted by Gasteiger charge is 2.21. The van der Waals surface area contributed by atoms with Gasteiger partial charge in [0, 0.05) is 17.3 Å². The SMILES string of the molecule is COc1cc(C(=O)NS(C)(=O)=O)c(F)cc1-c1cnc(Oc2c(F)ccc(C)c2F)c(Cl)c1. The van der Waals surface area contributed by atoms with E-state index in [0.717, 1.165) is 24.5 Å². The third-order valence-electron chi connectivity index (χ3n) is 4.37. The van der Waals surface area contributed by atoms with Crippen molar-refractivity contribution in [3.8, 4) is 28.5 Å². The number of rotatable bonds is 6. The lowest BCUT2D eigenvalue weighted by Gasteiger charge is -2.14. The quantitative estimate of drug-likeness (QED) is 0.531. The van der Waals surface area contributed by atoms with Gasteiger partial charge in [-0.25, -0.2) is 31.3 Å². The topological polar surface area (TPSA) is 94.6 Å². The minimum Gasteiger partial charge on any atom is -0.496 e. The van der Waals surface area contributed by atoms with E-state index in [0.29, 0.717) is 0 Å². The van der Waals surface area contributed by atoms with Crippen molar-refractivity contribution in [1.29, 1.82) is 0 Å². The monoisotopic (exact) mass is 500 g/mol. The Morgan fingerprint density at radius 3 is 2.42 bits per heavy atom. The lowest BCUT2D eigenvalue weighted by Crippen LogP contribution is -2.30. The summed E-state index contributed by atoms with van der Waals surface area (Å²) in [6.45, 7) is 1.43. The van der Waals surface area contributed by atoms with Crippen LogP contribution in [0.3, 0.4) is 0 Å². The standard InChI is InChI=1S/C21H16ClF3N2O5S/c1-10-4-5-15(23)19(18(10)25)32-21-14(22)6-11(9-26-21)12-7-16(24)13(8-17(12)31-2)20(28)27-33(3,29)30/h4-9H,1-3H3,(H,27,28). The van der Waals surface area contributed by atoms with Crippen LogP contribution >= 0.6 is 11.6 Å². The first kappa shape index (κ1) is 24.3. The number of hydrogen-bond donors (Lipinski definition) is 1. The maximum Gasteiger partial charge on any atom is 0.267 e. The van der Waals surface area contributed by atoms with Gasteiger partial charge in [0.2, 0.25) is 21.7 Å². The number of aromatic nitrogens is 1. The number of carbonyl (C=O) groups is 1. The number of nitrogens with one attached hydrogen (secondary N) is 1. The van der Waals surface area contributed by atoms with Crippen molar-refractivity contribution in [1.82, 2.24) is 9.71 Å². The van der Waals surface area contributed by atoms with Crippen LogP contribution in [0.2, 0.25) is 5.02 Å². The molecule has 2 aromatic carbocycles. The van der Waals surface area contributed by atoms with E-state index >= 15 is 0 Å². The van der Waals surface area contributed by atoms with Crippen LogP contribution in [0.1, 0.15) is 15.9 Å². The number of methoxy groups -OCH3 is 1. The number of pyridine rings is 1. The minimum absolute atomic E-state index is 0.0114. The number of amides is 1. The highest BCUT2D eigenvalue weighted by atomic mass is 35.5. The Kier molecular flexibility index (Phi) is 6.84. The molecule has 1 heterocycles. The average Bonchev–Trinajstić information content (AvgIpc) is 2.73. The van der Waals surface area contributed by atoms with Gasteiger partial charge in [-0.2, -0.15) is 0 Å². The van der Waals surface area contributed by atoms with E-state index in [4.69, 9.17) is 21.1 Å². The number of hydrogen-bond acceptors (Lipinski definition) is 6. The molecule has 0 aliphatic heterocycles. The predicted octanol–water partition coefficient (Wildman–Crippen LogP) is 4.62. The Balaban J connectivity index is 1.99. The van der Waals surface area contributed by atoms with Gasteiger partial charge >= 0.3 is 0 Å². The molecule has 0 spiro atoms. The van der Waals surface area contributed by atoms with Crippen molar-refractivity contribution < 1.29 is 35.9 Å². The lowest BCUT2D eigenvalue weighted by atomic mass is 10.0. The van der Waals surface area contributed by atoms with Gasteiger partial charge in [-0.15, -0.1) is 0 Å². The number of benzene rings is 2. The molecule has 0 aliphatic carbocycles. The van der Waals surface area contributed by atoms with E-state index in [1.54, 1.807) is 4.72 Å². The van der Waals surface area contributed by atoms with Crippen LogP contribution in [0.25, 0.3) is 11.1 Å². The summed E-state index contributed by atoms with van der Waals surface area (Å²) >= 11 is 6.17. The zero-order valence-corrected chi connectivity index (χ0v) is 18.9. The Bertz CT molecular complexity index is 1370. The van der Waals surface area contributed by atoms with Gasteiger partial charge in [0.05, 0.1) is 18.9 Å². The fraction of sp³-hybridized carbons (Fsp3) is 0.143. The number of nitrogens with zero attached hydrogens (tertiary/aromatic N) is 1. The molecule has 1 N–H and O–H groups in total. The molecule has 0 fully saturated rings. The summed E-state index contributed by atoms with van der Waals surface area (Å²) in [5.41, 5.74) is -0.0621. The molecule has 1 aromatic heterocycles. The van der Waals surface area contributed by atoms with Crippen molar-refractivity contribution in [2.24, 2.45) is 0 Å². The summed E-state index contributed by atoms with van der Waals surface area (Å²) < 4.78 is 77.4. The minimum atomic E-state index is -3.92. The van der Waals surface area contributed by atoms with Crippen molar-refractivity contribution >= 4 is 27.5 Å². The molecule has 0 saturated heterocycles. The van der Waals surface area contributed by atoms with E-state index in [2.05, 4.69) is 4.98 Å². The molecule has 1 amide bonds. The Hall–Kier alpha value is -3.31. The van der Waals surface area contributed by atoms with Crippen LogP contribution in [-0.2, 0) is 10.0 Å². The fourth-order valence-electron chi connectivity index (χ4n) is 2.81. The molecule has 0 atom stereocenters. The molecular formula is C21H16ClF3N2O5S. The summed E-state index contributed by atoms with van der Waals surface area (Å²) in [5.74, 6) is -5.04. The van der Waals surface area contributed by atoms with Crippen molar-refractivity contribution in [3.63, 3.8) is 0 Å². The number of ether oxygens (including phenoxy) is 2. The maximum absolute atomic E-state index is 14.6. The summed E-state index contributed by atoms with van der Waals surface area (Å²) in [6, 6.07) is 5.52. The van der Waals surface area contributed by atoms with Gasteiger partial charge < -0.3 is 9.47 Å². The Labute approximate surface area is 192 Å². The van der Waals surface area contributed by atoms with Crippen LogP contribution in [0.5, 0.6) is 17.4 Å². The number of carbonyl (C=O) groups excluding carboxylic acids is 1. The smallest absolute Gasteiger partial charge is 0.267 e. The number of halogens is 4. The first-order chi connectivity index (χ1) is 15.4. The maximum atomic E-state index is 14.6. The number of aryl methyl sites for hydroxylation is 1. The summed E-state index contributed by atoms with van der Waals surface area (Å²) in [5, 5.41) is -0.144. The highest BCUT2D eigenvalue weighted by molar-refractivity contribution is 7.89. The molecule has 0 radical (unpaired) electrons. The van der Waals surface area contributed by atoms with Crippen LogP contribution < -0.4 is 14.2 Å². The highest BCUT2D eigenvalue weighted by Crippen LogP contribution is 2.37. The van der Waals surface area contributed by atoms with E-state index in [1.807, 2.05) is 0 Å². The molecule has 7 nitrogen and oxygen atoms in total. The third kappa shape index (κ3) is 5.37. The van der Waals surface area contributed by atoms with Gasteiger partial charge in [0.15, 0.2) is 11.6 Å². The van der Waals surface area contributed by atoms with E-state index in [1.165, 1.54) is 32.4 Å². The largest absolute Gasteiger partial charge is 0.496 e. The summed E-state index contributed by atoms with van der Waals surface area (Å²) in [6.07, 6.45) is 1.94. The molecule has 174 valence electrons. The van der Waals surface area contributed by atoms with Crippen molar-refractivity contribution in [2.45, 2.75) is 6.92 Å². The van der Waals surface area contributed by atoms with E-state index < -0.39 is 44.7 Å². The normalized spacial score (nSPS) is 11.2. The first-order valence-corrected chi connectivity index (χ1v) is 11.4. The number of sulfonamides is 1. The Morgan fingerprint density at radius 2 is 1.82 bits per heavy atom. The lowest BCUT2D eigenvalue weighted by molar-refractivity contribution is 0.0977. The molecular weight excluding hydrogens is 485 g/mol. The van der Waals surface area contributed by atoms with Gasteiger partial charge in [-0.3, -0.25) is 4.79 Å². The molecule has 33 heavy (non-hydrogen) atoms. The van der Waals surface area contributed by atoms with Crippen molar-refractivity contribution in [3.05, 3.63) is 70.1 Å².